The average Bonchev–Trinajstić information content (AvgIpc) is 3.80. The second kappa shape index (κ2) is 9.78. The largest absolute Gasteiger partial charge is 0.336 e. The lowest BCUT2D eigenvalue weighted by molar-refractivity contribution is -0.0130. The molecule has 0 radical (unpaired) electrons. The summed E-state index contributed by atoms with van der Waals surface area (Å²) >= 11 is 0. The van der Waals surface area contributed by atoms with E-state index in [1.165, 1.54) is 45.0 Å². The molecule has 2 N–H and O–H groups in total. The highest BCUT2D eigenvalue weighted by Crippen LogP contribution is 2.55. The minimum Gasteiger partial charge on any atom is -0.336 e. The number of hydrogen-bond donors (Lipinski definition) is 2. The third-order valence-corrected chi connectivity index (χ3v) is 12.4. The Balaban J connectivity index is 1.21. The Morgan fingerprint density at radius 2 is 0.792 bits per heavy atom. The highest BCUT2D eigenvalue weighted by atomic mass is 15.6. The molecule has 1 saturated carbocycles. The van der Waals surface area contributed by atoms with E-state index in [4.69, 9.17) is 0 Å². The Morgan fingerprint density at radius 1 is 0.479 bits per heavy atom. The summed E-state index contributed by atoms with van der Waals surface area (Å²) in [7, 11) is 0. The van der Waals surface area contributed by atoms with E-state index in [1.54, 1.807) is 0 Å². The lowest BCUT2D eigenvalue weighted by Gasteiger charge is -2.60. The molecule has 48 heavy (non-hydrogen) atoms. The molecule has 2 fully saturated rings. The Labute approximate surface area is 282 Å². The molecule has 6 unspecified atom stereocenters. The monoisotopic (exact) mass is 634 g/mol. The zero-order chi connectivity index (χ0) is 32.4. The number of hydrazone groups is 2. The van der Waals surface area contributed by atoms with Crippen LogP contribution < -0.4 is 20.7 Å². The predicted molar refractivity (Wildman–Crippen MR) is 193 cm³/mol. The second-order valence-electron chi connectivity index (χ2n) is 15.3. The van der Waals surface area contributed by atoms with Crippen molar-refractivity contribution in [2.75, 3.05) is 9.80 Å². The number of hydrogen-bond acceptors (Lipinski definition) is 8. The molecule has 5 aliphatic heterocycles. The smallest absolute Gasteiger partial charge is 0.157 e. The first-order chi connectivity index (χ1) is 23.4. The maximum atomic E-state index is 4.60. The van der Waals surface area contributed by atoms with Crippen LogP contribution in [0.2, 0.25) is 0 Å². The molecule has 6 atom stereocenters. The number of fused-ring (bicyclic) bond motifs is 10. The van der Waals surface area contributed by atoms with Crippen molar-refractivity contribution in [1.82, 2.24) is 20.7 Å². The Bertz CT molecular complexity index is 1760. The van der Waals surface area contributed by atoms with Crippen molar-refractivity contribution < 1.29 is 0 Å². The summed E-state index contributed by atoms with van der Waals surface area (Å²) in [5, 5.41) is 9.19. The van der Waals surface area contributed by atoms with Crippen molar-refractivity contribution in [2.45, 2.75) is 87.9 Å². The van der Waals surface area contributed by atoms with Crippen LogP contribution in [0.5, 0.6) is 0 Å². The molecule has 1 saturated heterocycles. The Hall–Kier alpha value is -4.98. The summed E-state index contributed by atoms with van der Waals surface area (Å²) in [6, 6.07) is 37.3. The fourth-order valence-corrected chi connectivity index (χ4v) is 10.1. The molecule has 10 rings (SSSR count). The van der Waals surface area contributed by atoms with Gasteiger partial charge in [0.1, 0.15) is 12.7 Å². The van der Waals surface area contributed by atoms with Crippen molar-refractivity contribution >= 4 is 35.4 Å². The van der Waals surface area contributed by atoms with Crippen molar-refractivity contribution in [3.63, 3.8) is 0 Å². The highest BCUT2D eigenvalue weighted by molar-refractivity contribution is 5.82. The van der Waals surface area contributed by atoms with E-state index in [2.05, 4.69) is 165 Å². The van der Waals surface area contributed by atoms with Crippen LogP contribution in [-0.4, -0.2) is 59.0 Å². The van der Waals surface area contributed by atoms with Crippen molar-refractivity contribution in [3.8, 4) is 0 Å². The zero-order valence-corrected chi connectivity index (χ0v) is 28.0. The quantitative estimate of drug-likeness (QED) is 0.260. The van der Waals surface area contributed by atoms with Crippen molar-refractivity contribution in [3.05, 3.63) is 119 Å². The van der Waals surface area contributed by atoms with Crippen LogP contribution in [0.15, 0.2) is 107 Å². The second-order valence-corrected chi connectivity index (χ2v) is 15.3. The van der Waals surface area contributed by atoms with Crippen molar-refractivity contribution in [2.24, 2.45) is 10.2 Å². The molecule has 5 heterocycles. The molecule has 4 aromatic carbocycles. The summed E-state index contributed by atoms with van der Waals surface area (Å²) in [6.45, 7) is 9.53. The van der Waals surface area contributed by atoms with E-state index in [0.717, 1.165) is 12.8 Å². The third kappa shape index (κ3) is 3.60. The summed E-state index contributed by atoms with van der Waals surface area (Å²) in [6.07, 6.45) is 6.05. The van der Waals surface area contributed by atoms with Crippen LogP contribution in [0.25, 0.3) is 0 Å². The Kier molecular flexibility index (Phi) is 5.72. The molecule has 4 aromatic rings. The van der Waals surface area contributed by atoms with E-state index in [-0.39, 0.29) is 47.3 Å². The predicted octanol–water partition coefficient (Wildman–Crippen LogP) is 6.57. The van der Waals surface area contributed by atoms with Crippen LogP contribution in [0.1, 0.15) is 62.8 Å². The molecule has 242 valence electrons. The van der Waals surface area contributed by atoms with Gasteiger partial charge in [-0.05, 0) is 59.4 Å². The van der Waals surface area contributed by atoms with Crippen LogP contribution in [0.4, 0.5) is 22.7 Å². The minimum atomic E-state index is -0.114. The van der Waals surface area contributed by atoms with Gasteiger partial charge < -0.3 is 19.6 Å². The molecular formula is C40H42N8. The summed E-state index contributed by atoms with van der Waals surface area (Å²) in [4.78, 5) is 10.4. The van der Waals surface area contributed by atoms with Gasteiger partial charge >= 0.3 is 0 Å². The number of nitrogens with one attached hydrogen (secondary N) is 2. The highest BCUT2D eigenvalue weighted by Gasteiger charge is 2.57. The Morgan fingerprint density at radius 3 is 1.12 bits per heavy atom. The molecule has 0 bridgehead atoms. The van der Waals surface area contributed by atoms with E-state index in [9.17, 15) is 0 Å². The number of rotatable bonds is 2. The molecule has 0 amide bonds. The fraction of sp³-hybridized carbons (Fsp3) is 0.350. The topological polar surface area (TPSA) is 61.7 Å². The molecule has 6 aliphatic rings. The van der Waals surface area contributed by atoms with Gasteiger partial charge in [-0.25, -0.2) is 0 Å². The summed E-state index contributed by atoms with van der Waals surface area (Å²) in [5.74, 6) is 0. The molecular weight excluding hydrogens is 592 g/mol. The van der Waals surface area contributed by atoms with Gasteiger partial charge in [-0.1, -0.05) is 100 Å². The number of benzene rings is 4. The maximum Gasteiger partial charge on any atom is 0.157 e. The van der Waals surface area contributed by atoms with Gasteiger partial charge in [0.05, 0.1) is 24.2 Å². The van der Waals surface area contributed by atoms with Gasteiger partial charge in [0.25, 0.3) is 0 Å². The summed E-state index contributed by atoms with van der Waals surface area (Å²) < 4.78 is 0. The van der Waals surface area contributed by atoms with Crippen molar-refractivity contribution in [1.29, 1.82) is 0 Å². The standard InChI is InChI=1S/C40H42N8/c1-39(2)25-13-5-9-17-29(25)47(30-18-10-6-14-26(30)39)35-21-33-34(46-24-42-44-38(46)37-43-41-23-45(33)37)22-36(35)48-31-19-11-7-15-27(31)40(3,4)28-16-8-12-20-32(28)48/h5-20,23-24,33-38,43-44H,21-22H2,1-4H3. The first-order valence-corrected chi connectivity index (χ1v) is 17.4. The molecule has 8 heteroatoms. The van der Waals surface area contributed by atoms with E-state index >= 15 is 0 Å². The van der Waals surface area contributed by atoms with E-state index in [0.29, 0.717) is 0 Å². The van der Waals surface area contributed by atoms with Crippen LogP contribution in [-0.2, 0) is 10.8 Å². The van der Waals surface area contributed by atoms with Gasteiger partial charge in [-0.15, -0.1) is 0 Å². The van der Waals surface area contributed by atoms with Gasteiger partial charge in [0.2, 0.25) is 0 Å². The first kappa shape index (κ1) is 28.1. The number of para-hydroxylation sites is 4. The lowest BCUT2D eigenvalue weighted by Crippen LogP contribution is -2.74. The molecule has 1 aliphatic carbocycles. The van der Waals surface area contributed by atoms with Gasteiger partial charge in [-0.2, -0.15) is 10.2 Å². The number of piperazine rings is 1. The normalized spacial score (nSPS) is 29.4. The van der Waals surface area contributed by atoms with Crippen LogP contribution in [0, 0.1) is 0 Å². The SMILES string of the molecule is CC1(C)c2ccccc2N(C2CC3C(CC2N2c4ccccc4C(C)(C)c4ccccc42)N2C=NNC2C2NN=CN32)c2ccccc21. The first-order valence-electron chi connectivity index (χ1n) is 17.4. The van der Waals surface area contributed by atoms with Crippen LogP contribution in [0.3, 0.4) is 0 Å². The molecule has 0 aromatic heterocycles. The minimum absolute atomic E-state index is 0.0306. The van der Waals surface area contributed by atoms with Gasteiger partial charge in [0, 0.05) is 33.6 Å². The summed E-state index contributed by atoms with van der Waals surface area (Å²) in [5.41, 5.74) is 17.4. The number of nitrogens with zero attached hydrogens (tertiary/aromatic N) is 6. The zero-order valence-electron chi connectivity index (χ0n) is 28.0. The average molecular weight is 635 g/mol. The number of anilines is 4. The van der Waals surface area contributed by atoms with Gasteiger partial charge in [-0.3, -0.25) is 10.9 Å². The molecule has 0 spiro atoms. The van der Waals surface area contributed by atoms with E-state index in [1.807, 2.05) is 12.7 Å². The molecule has 8 nitrogen and oxygen atoms in total. The maximum absolute atomic E-state index is 4.60. The third-order valence-electron chi connectivity index (χ3n) is 12.4. The van der Waals surface area contributed by atoms with Crippen LogP contribution >= 0.6 is 0 Å². The van der Waals surface area contributed by atoms with E-state index < -0.39 is 0 Å². The fourth-order valence-electron chi connectivity index (χ4n) is 10.1. The lowest BCUT2D eigenvalue weighted by atomic mass is 9.70. The van der Waals surface area contributed by atoms with Gasteiger partial charge in [0.15, 0.2) is 12.3 Å².